The van der Waals surface area contributed by atoms with Gasteiger partial charge in [0, 0.05) is 4.47 Å². The van der Waals surface area contributed by atoms with Gasteiger partial charge in [-0.15, -0.1) is 0 Å². The molecule has 1 N–H and O–H groups in total. The molecule has 28 heavy (non-hydrogen) atoms. The topological polar surface area (TPSA) is 88.1 Å². The van der Waals surface area contributed by atoms with E-state index >= 15 is 0 Å². The van der Waals surface area contributed by atoms with Gasteiger partial charge in [-0.2, -0.15) is 5.10 Å². The number of halogens is 1. The van der Waals surface area contributed by atoms with E-state index in [4.69, 9.17) is 4.74 Å². The van der Waals surface area contributed by atoms with Crippen LogP contribution in [-0.4, -0.2) is 39.4 Å². The molecule has 9 heteroatoms. The van der Waals surface area contributed by atoms with Crippen LogP contribution < -0.4 is 14.5 Å². The van der Waals surface area contributed by atoms with E-state index in [9.17, 15) is 13.2 Å². The Bertz CT molecular complexity index is 959. The number of hydrazone groups is 1. The first-order chi connectivity index (χ1) is 13.2. The second kappa shape index (κ2) is 9.70. The van der Waals surface area contributed by atoms with Crippen LogP contribution >= 0.6 is 15.9 Å². The lowest BCUT2D eigenvalue weighted by atomic mass is 10.1. The molecule has 0 fully saturated rings. The van der Waals surface area contributed by atoms with Crippen molar-refractivity contribution in [1.82, 2.24) is 5.43 Å². The van der Waals surface area contributed by atoms with Gasteiger partial charge in [0.25, 0.3) is 5.91 Å². The van der Waals surface area contributed by atoms with Crippen molar-refractivity contribution < 1.29 is 17.9 Å². The third-order valence-corrected chi connectivity index (χ3v) is 5.35. The summed E-state index contributed by atoms with van der Waals surface area (Å²) in [4.78, 5) is 12.3. The Labute approximate surface area is 173 Å². The number of benzene rings is 2. The first-order valence-corrected chi connectivity index (χ1v) is 11.1. The summed E-state index contributed by atoms with van der Waals surface area (Å²) in [5.41, 5.74) is 4.20. The van der Waals surface area contributed by atoms with Crippen LogP contribution in [0.5, 0.6) is 5.75 Å². The zero-order valence-electron chi connectivity index (χ0n) is 15.8. The summed E-state index contributed by atoms with van der Waals surface area (Å²) in [6.07, 6.45) is 1.05. The molecule has 0 unspecified atom stereocenters. The number of amides is 1. The molecule has 0 bridgehead atoms. The molecule has 2 aromatic rings. The molecule has 0 aliphatic carbocycles. The second-order valence-electron chi connectivity index (χ2n) is 5.94. The minimum atomic E-state index is -3.64. The molecule has 0 saturated carbocycles. The highest BCUT2D eigenvalue weighted by atomic mass is 79.9. The Hall–Kier alpha value is -2.39. The Morgan fingerprint density at radius 1 is 1.21 bits per heavy atom. The monoisotopic (exact) mass is 467 g/mol. The van der Waals surface area contributed by atoms with Gasteiger partial charge in [0.1, 0.15) is 12.3 Å². The molecular formula is C19H22BrN3O4S. The maximum atomic E-state index is 12.3. The summed E-state index contributed by atoms with van der Waals surface area (Å²) in [5.74, 6) is 0.205. The molecular weight excluding hydrogens is 446 g/mol. The Morgan fingerprint density at radius 3 is 2.46 bits per heavy atom. The van der Waals surface area contributed by atoms with E-state index in [1.165, 1.54) is 0 Å². The minimum absolute atomic E-state index is 0.380. The van der Waals surface area contributed by atoms with Crippen LogP contribution in [0.4, 0.5) is 5.69 Å². The van der Waals surface area contributed by atoms with Crippen LogP contribution in [0.3, 0.4) is 0 Å². The van der Waals surface area contributed by atoms with Crippen molar-refractivity contribution in [3.8, 4) is 5.75 Å². The summed E-state index contributed by atoms with van der Waals surface area (Å²) >= 11 is 3.30. The van der Waals surface area contributed by atoms with E-state index in [2.05, 4.69) is 26.5 Å². The van der Waals surface area contributed by atoms with Crippen LogP contribution in [0.2, 0.25) is 0 Å². The lowest BCUT2D eigenvalue weighted by Crippen LogP contribution is -2.39. The summed E-state index contributed by atoms with van der Waals surface area (Å²) in [7, 11) is -3.64. The molecule has 2 rings (SSSR count). The molecule has 1 amide bonds. The summed E-state index contributed by atoms with van der Waals surface area (Å²) in [5, 5.41) is 4.06. The van der Waals surface area contributed by atoms with Gasteiger partial charge in [0.05, 0.1) is 24.3 Å². The van der Waals surface area contributed by atoms with E-state index in [0.29, 0.717) is 22.5 Å². The zero-order valence-corrected chi connectivity index (χ0v) is 18.2. The van der Waals surface area contributed by atoms with Crippen molar-refractivity contribution in [1.29, 1.82) is 0 Å². The van der Waals surface area contributed by atoms with E-state index in [0.717, 1.165) is 21.9 Å². The third kappa shape index (κ3) is 6.35. The van der Waals surface area contributed by atoms with Crippen molar-refractivity contribution in [2.45, 2.75) is 13.8 Å². The molecule has 0 aliphatic heterocycles. The first kappa shape index (κ1) is 21.9. The smallest absolute Gasteiger partial charge is 0.260 e. The fraction of sp³-hybridized carbons (Fsp3) is 0.263. The number of ether oxygens (including phenoxy) is 1. The van der Waals surface area contributed by atoms with Crippen LogP contribution in [0.1, 0.15) is 19.4 Å². The van der Waals surface area contributed by atoms with E-state index in [-0.39, 0.29) is 6.54 Å². The fourth-order valence-electron chi connectivity index (χ4n) is 2.37. The number of rotatable bonds is 8. The minimum Gasteiger partial charge on any atom is -0.494 e. The van der Waals surface area contributed by atoms with Crippen molar-refractivity contribution in [2.75, 3.05) is 23.7 Å². The highest BCUT2D eigenvalue weighted by Gasteiger charge is 2.21. The fourth-order valence-corrected chi connectivity index (χ4v) is 3.60. The molecule has 0 radical (unpaired) electrons. The number of anilines is 1. The maximum Gasteiger partial charge on any atom is 0.260 e. The van der Waals surface area contributed by atoms with Gasteiger partial charge < -0.3 is 4.74 Å². The van der Waals surface area contributed by atoms with Crippen molar-refractivity contribution in [2.24, 2.45) is 5.10 Å². The van der Waals surface area contributed by atoms with Crippen molar-refractivity contribution >= 4 is 43.3 Å². The Morgan fingerprint density at radius 2 is 1.89 bits per heavy atom. The largest absolute Gasteiger partial charge is 0.494 e. The Balaban J connectivity index is 2.09. The van der Waals surface area contributed by atoms with Crippen molar-refractivity contribution in [3.05, 3.63) is 58.6 Å². The molecule has 0 atom stereocenters. The second-order valence-corrected chi connectivity index (χ2v) is 8.76. The molecule has 150 valence electrons. The molecule has 2 aromatic carbocycles. The van der Waals surface area contributed by atoms with Crippen LogP contribution in [-0.2, 0) is 14.8 Å². The van der Waals surface area contributed by atoms with Crippen LogP contribution in [0, 0.1) is 0 Å². The molecule has 0 aliphatic rings. The normalized spacial score (nSPS) is 11.8. The SMILES string of the molecule is CCOc1ccc(/C(C)=N\NC(=O)CN(c2cccc(Br)c2)S(C)(=O)=O)cc1. The van der Waals surface area contributed by atoms with Crippen molar-refractivity contribution in [3.63, 3.8) is 0 Å². The molecule has 7 nitrogen and oxygen atoms in total. The number of hydrogen-bond acceptors (Lipinski definition) is 5. The van der Waals surface area contributed by atoms with Gasteiger partial charge in [-0.1, -0.05) is 22.0 Å². The van der Waals surface area contributed by atoms with Gasteiger partial charge >= 0.3 is 0 Å². The van der Waals surface area contributed by atoms with E-state index in [1.54, 1.807) is 31.2 Å². The first-order valence-electron chi connectivity index (χ1n) is 8.50. The van der Waals surface area contributed by atoms with Gasteiger partial charge in [-0.25, -0.2) is 13.8 Å². The summed E-state index contributed by atoms with van der Waals surface area (Å²) in [6, 6.07) is 14.0. The Kier molecular flexibility index (Phi) is 7.59. The highest BCUT2D eigenvalue weighted by Crippen LogP contribution is 2.21. The van der Waals surface area contributed by atoms with E-state index < -0.39 is 15.9 Å². The molecule has 0 aromatic heterocycles. The summed E-state index contributed by atoms with van der Waals surface area (Å²) < 4.78 is 31.3. The molecule has 0 saturated heterocycles. The van der Waals surface area contributed by atoms with E-state index in [1.807, 2.05) is 31.2 Å². The number of carbonyl (C=O) groups is 1. The predicted octanol–water partition coefficient (Wildman–Crippen LogP) is 3.15. The number of nitrogens with zero attached hydrogens (tertiary/aromatic N) is 2. The summed E-state index contributed by atoms with van der Waals surface area (Å²) in [6.45, 7) is 3.86. The van der Waals surface area contributed by atoms with Gasteiger partial charge in [0.2, 0.25) is 10.0 Å². The molecule has 0 heterocycles. The third-order valence-electron chi connectivity index (χ3n) is 3.72. The number of hydrogen-bond donors (Lipinski definition) is 1. The lowest BCUT2D eigenvalue weighted by molar-refractivity contribution is -0.119. The quantitative estimate of drug-likeness (QED) is 0.476. The highest BCUT2D eigenvalue weighted by molar-refractivity contribution is 9.10. The standard InChI is InChI=1S/C19H22BrN3O4S/c1-4-27-18-10-8-15(9-11-18)14(2)21-22-19(24)13-23(28(3,25)26)17-7-5-6-16(20)12-17/h5-12H,4,13H2,1-3H3,(H,22,24)/b21-14-. The van der Waals surface area contributed by atoms with Crippen LogP contribution in [0.25, 0.3) is 0 Å². The van der Waals surface area contributed by atoms with Gasteiger partial charge in [0.15, 0.2) is 0 Å². The average Bonchev–Trinajstić information content (AvgIpc) is 2.64. The van der Waals surface area contributed by atoms with Crippen LogP contribution in [0.15, 0.2) is 58.1 Å². The molecule has 0 spiro atoms. The predicted molar refractivity (Wildman–Crippen MR) is 114 cm³/mol. The number of sulfonamides is 1. The average molecular weight is 468 g/mol. The lowest BCUT2D eigenvalue weighted by Gasteiger charge is -2.21. The zero-order chi connectivity index (χ0) is 20.7. The maximum absolute atomic E-state index is 12.3. The number of nitrogens with one attached hydrogen (secondary N) is 1. The number of carbonyl (C=O) groups excluding carboxylic acids is 1. The van der Waals surface area contributed by atoms with Gasteiger partial charge in [-0.3, -0.25) is 9.10 Å². The van der Waals surface area contributed by atoms with Gasteiger partial charge in [-0.05, 0) is 61.9 Å².